The zero-order valence-corrected chi connectivity index (χ0v) is 12.9. The minimum absolute atomic E-state index is 0.130. The van der Waals surface area contributed by atoms with E-state index in [0.717, 1.165) is 6.42 Å². The topological polar surface area (TPSA) is 64.4 Å². The molecular formula is C16H26N2O2. The van der Waals surface area contributed by atoms with Crippen LogP contribution < -0.4 is 11.1 Å². The Hall–Kier alpha value is -1.39. The van der Waals surface area contributed by atoms with E-state index in [9.17, 15) is 4.79 Å². The number of hydrogen-bond donors (Lipinski definition) is 2. The van der Waals surface area contributed by atoms with Crippen molar-refractivity contribution < 1.29 is 9.53 Å². The van der Waals surface area contributed by atoms with E-state index in [0.29, 0.717) is 6.54 Å². The van der Waals surface area contributed by atoms with Crippen molar-refractivity contribution in [2.45, 2.75) is 38.6 Å². The first-order chi connectivity index (χ1) is 9.40. The van der Waals surface area contributed by atoms with Gasteiger partial charge >= 0.3 is 0 Å². The van der Waals surface area contributed by atoms with Gasteiger partial charge in [0, 0.05) is 19.1 Å². The molecule has 0 heterocycles. The molecule has 1 amide bonds. The third-order valence-corrected chi connectivity index (χ3v) is 3.53. The van der Waals surface area contributed by atoms with E-state index in [4.69, 9.17) is 10.5 Å². The number of methoxy groups -OCH3 is 1. The summed E-state index contributed by atoms with van der Waals surface area (Å²) in [6, 6.07) is 7.91. The van der Waals surface area contributed by atoms with Gasteiger partial charge in [-0.05, 0) is 17.5 Å². The standard InChI is InChI=1S/C16H26N2O2/c1-5-12-6-8-13(9-7-12)16(2,3)11-18-15(19)14(17)10-20-4/h6-9,14H,5,10-11,17H2,1-4H3,(H,18,19). The van der Waals surface area contributed by atoms with Crippen LogP contribution in [0.5, 0.6) is 0 Å². The lowest BCUT2D eigenvalue weighted by atomic mass is 9.84. The largest absolute Gasteiger partial charge is 0.383 e. The molecule has 0 radical (unpaired) electrons. The number of amides is 1. The minimum atomic E-state index is -0.613. The summed E-state index contributed by atoms with van der Waals surface area (Å²) in [5, 5.41) is 2.89. The number of carbonyl (C=O) groups excluding carboxylic acids is 1. The quantitative estimate of drug-likeness (QED) is 0.796. The molecule has 0 aromatic heterocycles. The van der Waals surface area contributed by atoms with Gasteiger partial charge in [0.15, 0.2) is 0 Å². The van der Waals surface area contributed by atoms with E-state index in [1.54, 1.807) is 0 Å². The Morgan fingerprint density at radius 2 is 1.95 bits per heavy atom. The Bertz CT molecular complexity index is 427. The van der Waals surface area contributed by atoms with Crippen molar-refractivity contribution in [2.24, 2.45) is 5.73 Å². The highest BCUT2D eigenvalue weighted by Crippen LogP contribution is 2.22. The van der Waals surface area contributed by atoms with Crippen LogP contribution in [0.3, 0.4) is 0 Å². The van der Waals surface area contributed by atoms with Gasteiger partial charge in [0.25, 0.3) is 0 Å². The van der Waals surface area contributed by atoms with Crippen molar-refractivity contribution in [3.63, 3.8) is 0 Å². The number of carbonyl (C=O) groups is 1. The Morgan fingerprint density at radius 1 is 1.35 bits per heavy atom. The van der Waals surface area contributed by atoms with Gasteiger partial charge in [-0.3, -0.25) is 4.79 Å². The number of nitrogens with one attached hydrogen (secondary N) is 1. The molecule has 0 aliphatic heterocycles. The van der Waals surface area contributed by atoms with Crippen molar-refractivity contribution in [3.8, 4) is 0 Å². The highest BCUT2D eigenvalue weighted by atomic mass is 16.5. The first-order valence-electron chi connectivity index (χ1n) is 7.02. The molecule has 0 spiro atoms. The Morgan fingerprint density at radius 3 is 2.45 bits per heavy atom. The van der Waals surface area contributed by atoms with Crippen LogP contribution in [0.1, 0.15) is 31.9 Å². The fraction of sp³-hybridized carbons (Fsp3) is 0.562. The Labute approximate surface area is 121 Å². The van der Waals surface area contributed by atoms with Crippen molar-refractivity contribution in [1.82, 2.24) is 5.32 Å². The number of aryl methyl sites for hydroxylation is 1. The SMILES string of the molecule is CCc1ccc(C(C)(C)CNC(=O)C(N)COC)cc1. The molecule has 1 unspecified atom stereocenters. The van der Waals surface area contributed by atoms with Crippen molar-refractivity contribution in [2.75, 3.05) is 20.3 Å². The summed E-state index contributed by atoms with van der Waals surface area (Å²) in [6.45, 7) is 7.13. The molecule has 0 aliphatic rings. The zero-order valence-electron chi connectivity index (χ0n) is 12.9. The number of hydrogen-bond acceptors (Lipinski definition) is 3. The van der Waals surface area contributed by atoms with Crippen LogP contribution >= 0.6 is 0 Å². The van der Waals surface area contributed by atoms with E-state index < -0.39 is 6.04 Å². The first-order valence-corrected chi connectivity index (χ1v) is 7.02. The second-order valence-corrected chi connectivity index (χ2v) is 5.71. The second-order valence-electron chi connectivity index (χ2n) is 5.71. The molecule has 0 bridgehead atoms. The molecule has 20 heavy (non-hydrogen) atoms. The van der Waals surface area contributed by atoms with Gasteiger partial charge in [0.1, 0.15) is 6.04 Å². The molecule has 1 aromatic rings. The number of nitrogens with two attached hydrogens (primary N) is 1. The van der Waals surface area contributed by atoms with Gasteiger partial charge in [-0.2, -0.15) is 0 Å². The molecule has 3 N–H and O–H groups in total. The van der Waals surface area contributed by atoms with Crippen LogP contribution in [0.25, 0.3) is 0 Å². The predicted molar refractivity (Wildman–Crippen MR) is 81.7 cm³/mol. The Kier molecular flexibility index (Phi) is 6.17. The average molecular weight is 278 g/mol. The highest BCUT2D eigenvalue weighted by Gasteiger charge is 2.22. The molecule has 4 heteroatoms. The van der Waals surface area contributed by atoms with Crippen molar-refractivity contribution in [1.29, 1.82) is 0 Å². The van der Waals surface area contributed by atoms with Crippen LogP contribution in [0.4, 0.5) is 0 Å². The monoisotopic (exact) mass is 278 g/mol. The van der Waals surface area contributed by atoms with E-state index in [1.165, 1.54) is 18.2 Å². The van der Waals surface area contributed by atoms with E-state index in [-0.39, 0.29) is 17.9 Å². The molecular weight excluding hydrogens is 252 g/mol. The summed E-state index contributed by atoms with van der Waals surface area (Å²) in [6.07, 6.45) is 1.03. The smallest absolute Gasteiger partial charge is 0.239 e. The summed E-state index contributed by atoms with van der Waals surface area (Å²) >= 11 is 0. The Balaban J connectivity index is 2.62. The normalized spacial score (nSPS) is 13.1. The predicted octanol–water partition coefficient (Wildman–Crippen LogP) is 1.62. The molecule has 0 saturated heterocycles. The van der Waals surface area contributed by atoms with Crippen molar-refractivity contribution >= 4 is 5.91 Å². The fourth-order valence-electron chi connectivity index (χ4n) is 1.99. The third kappa shape index (κ3) is 4.62. The van der Waals surface area contributed by atoms with Gasteiger partial charge in [-0.1, -0.05) is 45.0 Å². The maximum atomic E-state index is 11.8. The lowest BCUT2D eigenvalue weighted by Crippen LogP contribution is -2.47. The molecule has 1 atom stereocenters. The van der Waals surface area contributed by atoms with Crippen LogP contribution in [-0.2, 0) is 21.4 Å². The molecule has 0 aliphatic carbocycles. The lowest BCUT2D eigenvalue weighted by molar-refractivity contribution is -0.123. The second kappa shape index (κ2) is 7.41. The van der Waals surface area contributed by atoms with Gasteiger partial charge in [-0.15, -0.1) is 0 Å². The lowest BCUT2D eigenvalue weighted by Gasteiger charge is -2.26. The maximum absolute atomic E-state index is 11.8. The maximum Gasteiger partial charge on any atom is 0.239 e. The molecule has 1 aromatic carbocycles. The van der Waals surface area contributed by atoms with E-state index >= 15 is 0 Å². The molecule has 1 rings (SSSR count). The summed E-state index contributed by atoms with van der Waals surface area (Å²) in [5.74, 6) is -0.176. The van der Waals surface area contributed by atoms with E-state index in [1.807, 2.05) is 0 Å². The summed E-state index contributed by atoms with van der Waals surface area (Å²) in [5.41, 5.74) is 8.09. The van der Waals surface area contributed by atoms with Crippen molar-refractivity contribution in [3.05, 3.63) is 35.4 Å². The fourth-order valence-corrected chi connectivity index (χ4v) is 1.99. The van der Waals surface area contributed by atoms with Crippen LogP contribution in [0.15, 0.2) is 24.3 Å². The third-order valence-electron chi connectivity index (χ3n) is 3.53. The van der Waals surface area contributed by atoms with Gasteiger partial charge in [-0.25, -0.2) is 0 Å². The summed E-state index contributed by atoms with van der Waals surface area (Å²) in [7, 11) is 1.53. The van der Waals surface area contributed by atoms with Crippen LogP contribution in [0, 0.1) is 0 Å². The van der Waals surface area contributed by atoms with Gasteiger partial charge in [0.05, 0.1) is 6.61 Å². The average Bonchev–Trinajstić information content (AvgIpc) is 2.45. The molecule has 0 saturated carbocycles. The van der Waals surface area contributed by atoms with Gasteiger partial charge < -0.3 is 15.8 Å². The zero-order chi connectivity index (χ0) is 15.2. The highest BCUT2D eigenvalue weighted by molar-refractivity contribution is 5.81. The minimum Gasteiger partial charge on any atom is -0.383 e. The summed E-state index contributed by atoms with van der Waals surface area (Å²) < 4.78 is 4.88. The number of rotatable bonds is 7. The van der Waals surface area contributed by atoms with Gasteiger partial charge in [0.2, 0.25) is 5.91 Å². The van der Waals surface area contributed by atoms with Crippen LogP contribution in [-0.4, -0.2) is 32.2 Å². The van der Waals surface area contributed by atoms with Crippen LogP contribution in [0.2, 0.25) is 0 Å². The number of ether oxygens (including phenoxy) is 1. The molecule has 112 valence electrons. The summed E-state index contributed by atoms with van der Waals surface area (Å²) in [4.78, 5) is 11.8. The van der Waals surface area contributed by atoms with E-state index in [2.05, 4.69) is 50.4 Å². The first kappa shape index (κ1) is 16.7. The molecule has 0 fully saturated rings. The number of benzene rings is 1. The molecule has 4 nitrogen and oxygen atoms in total.